The van der Waals surface area contributed by atoms with Crippen molar-refractivity contribution in [3.05, 3.63) is 72.3 Å². The maximum Gasteiger partial charge on any atom is 0.338 e. The molecule has 0 spiro atoms. The number of hydrogen-bond donors (Lipinski definition) is 2. The molecule has 0 radical (unpaired) electrons. The number of hydrogen-bond acceptors (Lipinski definition) is 8. The fraction of sp³-hybridized carbons (Fsp3) is 0.154. The first-order valence-electron chi connectivity index (χ1n) is 10.9. The van der Waals surface area contributed by atoms with Gasteiger partial charge in [-0.15, -0.1) is 0 Å². The minimum Gasteiger partial charge on any atom is -0.486 e. The summed E-state index contributed by atoms with van der Waals surface area (Å²) in [5.74, 6) is -0.411. The van der Waals surface area contributed by atoms with Crippen LogP contribution in [0.15, 0.2) is 66.7 Å². The standard InChI is InChI=1S/C26H22N2O8/c1-16(29)36-21-9-6-18(7-10-21)17-2-4-19(5-3-17)25(31)35-15-24(30)28-26(32)27-20-8-11-22-23(14-20)34-13-12-33-22/h2-11,14H,12-13,15H2,1H3,(H2,27,28,30,32). The number of rotatable bonds is 6. The van der Waals surface area contributed by atoms with Gasteiger partial charge in [-0.3, -0.25) is 14.9 Å². The number of fused-ring (bicyclic) bond motifs is 1. The Hall–Kier alpha value is -4.86. The monoisotopic (exact) mass is 490 g/mol. The van der Waals surface area contributed by atoms with E-state index in [2.05, 4.69) is 10.6 Å². The molecular formula is C26H22N2O8. The van der Waals surface area contributed by atoms with Gasteiger partial charge in [-0.25, -0.2) is 9.59 Å². The second-order valence-corrected chi connectivity index (χ2v) is 7.63. The van der Waals surface area contributed by atoms with Gasteiger partial charge in [0.25, 0.3) is 5.91 Å². The molecule has 3 aromatic carbocycles. The number of imide groups is 1. The summed E-state index contributed by atoms with van der Waals surface area (Å²) in [6, 6.07) is 17.5. The maximum absolute atomic E-state index is 12.3. The first kappa shape index (κ1) is 24.3. The molecule has 2 N–H and O–H groups in total. The first-order chi connectivity index (χ1) is 17.4. The highest BCUT2D eigenvalue weighted by atomic mass is 16.6. The van der Waals surface area contributed by atoms with E-state index in [-0.39, 0.29) is 5.56 Å². The highest BCUT2D eigenvalue weighted by Crippen LogP contribution is 2.32. The van der Waals surface area contributed by atoms with Crippen molar-refractivity contribution in [1.29, 1.82) is 0 Å². The van der Waals surface area contributed by atoms with Crippen molar-refractivity contribution >= 4 is 29.6 Å². The quantitative estimate of drug-likeness (QED) is 0.396. The number of carbonyl (C=O) groups is 4. The van der Waals surface area contributed by atoms with Crippen LogP contribution >= 0.6 is 0 Å². The predicted octanol–water partition coefficient (Wildman–Crippen LogP) is 3.56. The van der Waals surface area contributed by atoms with Gasteiger partial charge in [-0.05, 0) is 47.5 Å². The van der Waals surface area contributed by atoms with Gasteiger partial charge in [0.2, 0.25) is 0 Å². The van der Waals surface area contributed by atoms with Crippen molar-refractivity contribution in [3.63, 3.8) is 0 Å². The third-order valence-corrected chi connectivity index (χ3v) is 4.96. The summed E-state index contributed by atoms with van der Waals surface area (Å²) >= 11 is 0. The third-order valence-electron chi connectivity index (χ3n) is 4.96. The van der Waals surface area contributed by atoms with E-state index in [4.69, 9.17) is 18.9 Å². The molecule has 1 aliphatic heterocycles. The molecule has 1 heterocycles. The van der Waals surface area contributed by atoms with Crippen LogP contribution < -0.4 is 24.8 Å². The molecular weight excluding hydrogens is 468 g/mol. The summed E-state index contributed by atoms with van der Waals surface area (Å²) in [6.45, 7) is 1.54. The Bertz CT molecular complexity index is 1290. The summed E-state index contributed by atoms with van der Waals surface area (Å²) in [7, 11) is 0. The molecule has 184 valence electrons. The smallest absolute Gasteiger partial charge is 0.338 e. The van der Waals surface area contributed by atoms with Crippen LogP contribution in [-0.2, 0) is 14.3 Å². The van der Waals surface area contributed by atoms with Gasteiger partial charge in [-0.1, -0.05) is 24.3 Å². The molecule has 36 heavy (non-hydrogen) atoms. The molecule has 4 rings (SSSR count). The molecule has 0 aliphatic carbocycles. The van der Waals surface area contributed by atoms with Crippen molar-refractivity contribution in [3.8, 4) is 28.4 Å². The van der Waals surface area contributed by atoms with Gasteiger partial charge >= 0.3 is 18.0 Å². The van der Waals surface area contributed by atoms with Crippen molar-refractivity contribution < 1.29 is 38.1 Å². The molecule has 0 bridgehead atoms. The molecule has 0 atom stereocenters. The van der Waals surface area contributed by atoms with Crippen LogP contribution in [0.3, 0.4) is 0 Å². The molecule has 3 aromatic rings. The number of urea groups is 1. The van der Waals surface area contributed by atoms with E-state index in [1.165, 1.54) is 6.92 Å². The van der Waals surface area contributed by atoms with Gasteiger partial charge < -0.3 is 24.3 Å². The Balaban J connectivity index is 1.25. The maximum atomic E-state index is 12.3. The van der Waals surface area contributed by atoms with Gasteiger partial charge in [0.1, 0.15) is 19.0 Å². The molecule has 3 amide bonds. The molecule has 10 heteroatoms. The second kappa shape index (κ2) is 11.0. The molecule has 10 nitrogen and oxygen atoms in total. The highest BCUT2D eigenvalue weighted by Gasteiger charge is 2.15. The van der Waals surface area contributed by atoms with E-state index in [1.807, 2.05) is 0 Å². The first-order valence-corrected chi connectivity index (χ1v) is 10.9. The molecule has 1 aliphatic rings. The zero-order valence-corrected chi connectivity index (χ0v) is 19.2. The molecule has 0 aromatic heterocycles. The third kappa shape index (κ3) is 6.38. The summed E-state index contributed by atoms with van der Waals surface area (Å²) in [5, 5.41) is 4.60. The van der Waals surface area contributed by atoms with E-state index in [9.17, 15) is 19.2 Å². The number of esters is 2. The number of nitrogens with one attached hydrogen (secondary N) is 2. The van der Waals surface area contributed by atoms with Crippen molar-refractivity contribution in [2.45, 2.75) is 6.92 Å². The second-order valence-electron chi connectivity index (χ2n) is 7.63. The lowest BCUT2D eigenvalue weighted by atomic mass is 10.0. The Morgan fingerprint density at radius 2 is 1.47 bits per heavy atom. The van der Waals surface area contributed by atoms with Gasteiger partial charge in [0.05, 0.1) is 5.56 Å². The largest absolute Gasteiger partial charge is 0.486 e. The Labute approximate surface area is 206 Å². The van der Waals surface area contributed by atoms with Crippen LogP contribution in [-0.4, -0.2) is 43.7 Å². The van der Waals surface area contributed by atoms with E-state index in [0.29, 0.717) is 36.1 Å². The van der Waals surface area contributed by atoms with E-state index >= 15 is 0 Å². The van der Waals surface area contributed by atoms with E-state index in [1.54, 1.807) is 66.7 Å². The number of amides is 3. The number of benzene rings is 3. The van der Waals surface area contributed by atoms with Gasteiger partial charge in [0.15, 0.2) is 18.1 Å². The Morgan fingerprint density at radius 1 is 0.833 bits per heavy atom. The zero-order chi connectivity index (χ0) is 25.5. The van der Waals surface area contributed by atoms with Crippen LogP contribution in [0.5, 0.6) is 17.2 Å². The molecule has 0 saturated carbocycles. The van der Waals surface area contributed by atoms with E-state index in [0.717, 1.165) is 11.1 Å². The fourth-order valence-corrected chi connectivity index (χ4v) is 3.34. The number of carbonyl (C=O) groups excluding carboxylic acids is 4. The van der Waals surface area contributed by atoms with Crippen LogP contribution in [0, 0.1) is 0 Å². The van der Waals surface area contributed by atoms with Crippen molar-refractivity contribution in [2.75, 3.05) is 25.1 Å². The van der Waals surface area contributed by atoms with Crippen LogP contribution in [0.25, 0.3) is 11.1 Å². The Morgan fingerprint density at radius 3 is 2.14 bits per heavy atom. The average Bonchev–Trinajstić information content (AvgIpc) is 2.87. The fourth-order valence-electron chi connectivity index (χ4n) is 3.34. The Kier molecular flexibility index (Phi) is 7.45. The number of anilines is 1. The SMILES string of the molecule is CC(=O)Oc1ccc(-c2ccc(C(=O)OCC(=O)NC(=O)Nc3ccc4c(c3)OCCO4)cc2)cc1. The molecule has 0 unspecified atom stereocenters. The summed E-state index contributed by atoms with van der Waals surface area (Å²) in [5.41, 5.74) is 2.33. The normalized spacial score (nSPS) is 11.7. The molecule has 0 fully saturated rings. The summed E-state index contributed by atoms with van der Waals surface area (Å²) in [4.78, 5) is 47.4. The zero-order valence-electron chi connectivity index (χ0n) is 19.2. The van der Waals surface area contributed by atoms with Crippen LogP contribution in [0.2, 0.25) is 0 Å². The lowest BCUT2D eigenvalue weighted by Gasteiger charge is -2.19. The number of ether oxygens (including phenoxy) is 4. The highest BCUT2D eigenvalue weighted by molar-refractivity contribution is 6.02. The van der Waals surface area contributed by atoms with Crippen molar-refractivity contribution in [2.24, 2.45) is 0 Å². The summed E-state index contributed by atoms with van der Waals surface area (Å²) < 4.78 is 20.9. The average molecular weight is 490 g/mol. The van der Waals surface area contributed by atoms with Crippen LogP contribution in [0.4, 0.5) is 10.5 Å². The van der Waals surface area contributed by atoms with Crippen molar-refractivity contribution in [1.82, 2.24) is 5.32 Å². The predicted molar refractivity (Wildman–Crippen MR) is 128 cm³/mol. The van der Waals surface area contributed by atoms with Gasteiger partial charge in [-0.2, -0.15) is 0 Å². The lowest BCUT2D eigenvalue weighted by Crippen LogP contribution is -2.37. The topological polar surface area (TPSA) is 129 Å². The minimum atomic E-state index is -0.789. The molecule has 0 saturated heterocycles. The lowest BCUT2D eigenvalue weighted by molar-refractivity contribution is -0.131. The van der Waals surface area contributed by atoms with E-state index < -0.39 is 30.5 Å². The summed E-state index contributed by atoms with van der Waals surface area (Å²) in [6.07, 6.45) is 0. The minimum absolute atomic E-state index is 0.240. The van der Waals surface area contributed by atoms with Crippen LogP contribution in [0.1, 0.15) is 17.3 Å². The van der Waals surface area contributed by atoms with Gasteiger partial charge in [0, 0.05) is 18.7 Å².